The number of benzene rings is 1. The first kappa shape index (κ1) is 12.9. The third-order valence-corrected chi connectivity index (χ3v) is 2.61. The summed E-state index contributed by atoms with van der Waals surface area (Å²) in [5, 5.41) is 11.6. The average Bonchev–Trinajstić information content (AvgIpc) is 2.25. The van der Waals surface area contributed by atoms with Gasteiger partial charge in [0.1, 0.15) is 0 Å². The van der Waals surface area contributed by atoms with Gasteiger partial charge in [-0.2, -0.15) is 0 Å². The molecular weight excluding hydrogens is 270 g/mol. The molecule has 0 aromatic heterocycles. The van der Waals surface area contributed by atoms with Crippen molar-refractivity contribution in [1.29, 1.82) is 0 Å². The number of aliphatic hydroxyl groups excluding tert-OH is 1. The standard InChI is InChI=1S/C12H14BrNO2/c1-9(15)8-14-12(16)7-6-10-4-2-3-5-11(10)13/h2-7,9,15H,8H2,1H3,(H,14,16)/b7-6+/t9-/m1/s1. The van der Waals surface area contributed by atoms with Crippen molar-refractivity contribution < 1.29 is 9.90 Å². The fourth-order valence-corrected chi connectivity index (χ4v) is 1.50. The molecule has 16 heavy (non-hydrogen) atoms. The molecule has 0 aliphatic rings. The van der Waals surface area contributed by atoms with E-state index in [9.17, 15) is 4.79 Å². The number of aliphatic hydroxyl groups is 1. The van der Waals surface area contributed by atoms with Crippen LogP contribution in [0.15, 0.2) is 34.8 Å². The van der Waals surface area contributed by atoms with E-state index < -0.39 is 6.10 Å². The largest absolute Gasteiger partial charge is 0.392 e. The predicted octanol–water partition coefficient (Wildman–Crippen LogP) is 1.96. The van der Waals surface area contributed by atoms with Crippen molar-refractivity contribution in [3.05, 3.63) is 40.4 Å². The van der Waals surface area contributed by atoms with Gasteiger partial charge >= 0.3 is 0 Å². The highest BCUT2D eigenvalue weighted by atomic mass is 79.9. The van der Waals surface area contributed by atoms with E-state index in [1.54, 1.807) is 13.0 Å². The Bertz CT molecular complexity index is 388. The normalized spacial score (nSPS) is 12.7. The van der Waals surface area contributed by atoms with Gasteiger partial charge in [-0.25, -0.2) is 0 Å². The van der Waals surface area contributed by atoms with Crippen molar-refractivity contribution in [2.45, 2.75) is 13.0 Å². The van der Waals surface area contributed by atoms with Crippen LogP contribution < -0.4 is 5.32 Å². The maximum Gasteiger partial charge on any atom is 0.244 e. The molecule has 3 nitrogen and oxygen atoms in total. The molecule has 0 aliphatic carbocycles. The van der Waals surface area contributed by atoms with E-state index in [-0.39, 0.29) is 12.5 Å². The summed E-state index contributed by atoms with van der Waals surface area (Å²) in [4.78, 5) is 11.3. The van der Waals surface area contributed by atoms with Crippen molar-refractivity contribution >= 4 is 27.9 Å². The van der Waals surface area contributed by atoms with Crippen LogP contribution in [0.5, 0.6) is 0 Å². The van der Waals surface area contributed by atoms with Gasteiger partial charge in [-0.1, -0.05) is 34.1 Å². The molecule has 1 atom stereocenters. The molecule has 0 radical (unpaired) electrons. The lowest BCUT2D eigenvalue weighted by atomic mass is 10.2. The number of hydrogen-bond donors (Lipinski definition) is 2. The van der Waals surface area contributed by atoms with Crippen LogP contribution in [0.25, 0.3) is 6.08 Å². The van der Waals surface area contributed by atoms with Crippen molar-refractivity contribution in [1.82, 2.24) is 5.32 Å². The third-order valence-electron chi connectivity index (χ3n) is 1.89. The predicted molar refractivity (Wildman–Crippen MR) is 67.9 cm³/mol. The molecule has 1 rings (SSSR count). The average molecular weight is 284 g/mol. The van der Waals surface area contributed by atoms with E-state index in [2.05, 4.69) is 21.2 Å². The molecule has 2 N–H and O–H groups in total. The van der Waals surface area contributed by atoms with Crippen LogP contribution in [0.4, 0.5) is 0 Å². The second kappa shape index (κ2) is 6.45. The van der Waals surface area contributed by atoms with E-state index in [0.29, 0.717) is 0 Å². The Morgan fingerprint density at radius 1 is 1.56 bits per heavy atom. The van der Waals surface area contributed by atoms with Gasteiger partial charge in [0.15, 0.2) is 0 Å². The Morgan fingerprint density at radius 2 is 2.25 bits per heavy atom. The van der Waals surface area contributed by atoms with Gasteiger partial charge in [0, 0.05) is 17.1 Å². The van der Waals surface area contributed by atoms with Crippen molar-refractivity contribution in [3.63, 3.8) is 0 Å². The van der Waals surface area contributed by atoms with Gasteiger partial charge in [0.25, 0.3) is 0 Å². The van der Waals surface area contributed by atoms with Crippen molar-refractivity contribution in [2.24, 2.45) is 0 Å². The smallest absolute Gasteiger partial charge is 0.244 e. The highest BCUT2D eigenvalue weighted by Gasteiger charge is 1.99. The number of halogens is 1. The maximum absolute atomic E-state index is 11.3. The first-order valence-corrected chi connectivity index (χ1v) is 5.77. The fourth-order valence-electron chi connectivity index (χ4n) is 1.08. The van der Waals surface area contributed by atoms with Crippen LogP contribution in [0, 0.1) is 0 Å². The van der Waals surface area contributed by atoms with E-state index in [1.165, 1.54) is 6.08 Å². The number of nitrogens with one attached hydrogen (secondary N) is 1. The summed E-state index contributed by atoms with van der Waals surface area (Å²) in [6.45, 7) is 1.89. The zero-order chi connectivity index (χ0) is 12.0. The molecule has 0 fully saturated rings. The first-order valence-electron chi connectivity index (χ1n) is 4.98. The topological polar surface area (TPSA) is 49.3 Å². The lowest BCUT2D eigenvalue weighted by Crippen LogP contribution is -2.28. The van der Waals surface area contributed by atoms with E-state index >= 15 is 0 Å². The summed E-state index contributed by atoms with van der Waals surface area (Å²) in [6, 6.07) is 7.63. The van der Waals surface area contributed by atoms with Crippen LogP contribution in [0.1, 0.15) is 12.5 Å². The van der Waals surface area contributed by atoms with Gasteiger partial charge in [-0.15, -0.1) is 0 Å². The lowest BCUT2D eigenvalue weighted by Gasteiger charge is -2.03. The van der Waals surface area contributed by atoms with Gasteiger partial charge in [-0.05, 0) is 24.6 Å². The molecule has 1 aromatic carbocycles. The minimum Gasteiger partial charge on any atom is -0.392 e. The van der Waals surface area contributed by atoms with Crippen LogP contribution in [-0.2, 0) is 4.79 Å². The number of rotatable bonds is 4. The number of hydrogen-bond acceptors (Lipinski definition) is 2. The lowest BCUT2D eigenvalue weighted by molar-refractivity contribution is -0.116. The van der Waals surface area contributed by atoms with Gasteiger partial charge in [-0.3, -0.25) is 4.79 Å². The Hall–Kier alpha value is -1.13. The van der Waals surface area contributed by atoms with E-state index in [0.717, 1.165) is 10.0 Å². The van der Waals surface area contributed by atoms with Gasteiger partial charge in [0.2, 0.25) is 5.91 Å². The monoisotopic (exact) mass is 283 g/mol. The summed E-state index contributed by atoms with van der Waals surface area (Å²) in [7, 11) is 0. The minimum absolute atomic E-state index is 0.211. The van der Waals surface area contributed by atoms with Gasteiger partial charge < -0.3 is 10.4 Å². The molecule has 0 saturated carbocycles. The molecule has 0 unspecified atom stereocenters. The second-order valence-corrected chi connectivity index (χ2v) is 4.30. The molecule has 0 spiro atoms. The first-order chi connectivity index (χ1) is 7.59. The molecule has 4 heteroatoms. The van der Waals surface area contributed by atoms with Crippen molar-refractivity contribution in [2.75, 3.05) is 6.54 Å². The van der Waals surface area contributed by atoms with Crippen LogP contribution in [-0.4, -0.2) is 23.7 Å². The molecule has 86 valence electrons. The SMILES string of the molecule is C[C@@H](O)CNC(=O)/C=C/c1ccccc1Br. The highest BCUT2D eigenvalue weighted by Crippen LogP contribution is 2.16. The fraction of sp³-hybridized carbons (Fsp3) is 0.250. The van der Waals surface area contributed by atoms with Gasteiger partial charge in [0.05, 0.1) is 6.10 Å². The second-order valence-electron chi connectivity index (χ2n) is 3.45. The molecule has 0 heterocycles. The molecule has 0 aliphatic heterocycles. The number of amides is 1. The number of carbonyl (C=O) groups excluding carboxylic acids is 1. The van der Waals surface area contributed by atoms with Crippen LogP contribution >= 0.6 is 15.9 Å². The Balaban J connectivity index is 2.54. The Labute approximate surface area is 103 Å². The summed E-state index contributed by atoms with van der Waals surface area (Å²) in [5.41, 5.74) is 0.940. The Morgan fingerprint density at radius 3 is 2.88 bits per heavy atom. The summed E-state index contributed by atoms with van der Waals surface area (Å²) in [6.07, 6.45) is 2.64. The molecule has 0 bridgehead atoms. The van der Waals surface area contributed by atoms with E-state index in [1.807, 2.05) is 24.3 Å². The van der Waals surface area contributed by atoms with Crippen LogP contribution in [0.3, 0.4) is 0 Å². The van der Waals surface area contributed by atoms with Crippen molar-refractivity contribution in [3.8, 4) is 0 Å². The summed E-state index contributed by atoms with van der Waals surface area (Å²) >= 11 is 3.39. The quantitative estimate of drug-likeness (QED) is 0.830. The third kappa shape index (κ3) is 4.59. The van der Waals surface area contributed by atoms with Crippen LogP contribution in [0.2, 0.25) is 0 Å². The summed E-state index contributed by atoms with van der Waals surface area (Å²) < 4.78 is 0.939. The Kier molecular flexibility index (Phi) is 5.22. The summed E-state index contributed by atoms with van der Waals surface area (Å²) in [5.74, 6) is -0.211. The van der Waals surface area contributed by atoms with E-state index in [4.69, 9.17) is 5.11 Å². The minimum atomic E-state index is -0.527. The molecule has 0 saturated heterocycles. The zero-order valence-corrected chi connectivity index (χ0v) is 10.6. The highest BCUT2D eigenvalue weighted by molar-refractivity contribution is 9.10. The molecule has 1 aromatic rings. The zero-order valence-electron chi connectivity index (χ0n) is 8.98. The maximum atomic E-state index is 11.3. The number of carbonyl (C=O) groups is 1. The molecular formula is C12H14BrNO2. The molecule has 1 amide bonds.